The first-order valence-corrected chi connectivity index (χ1v) is 10.1. The van der Waals surface area contributed by atoms with E-state index in [1.165, 1.54) is 31.2 Å². The van der Waals surface area contributed by atoms with Crippen LogP contribution in [0.25, 0.3) is 0 Å². The van der Waals surface area contributed by atoms with Crippen LogP contribution in [0.5, 0.6) is 0 Å². The summed E-state index contributed by atoms with van der Waals surface area (Å²) >= 11 is 0. The number of nitrogens with zero attached hydrogens (tertiary/aromatic N) is 5. The van der Waals surface area contributed by atoms with E-state index < -0.39 is 0 Å². The molecule has 1 fully saturated rings. The SMILES string of the molecule is CCC1C(=O)N(C)c2cnc(N/N=C/c3cccc(F)c3)nc2N1C1CCCC1. The van der Waals surface area contributed by atoms with Gasteiger partial charge >= 0.3 is 0 Å². The van der Waals surface area contributed by atoms with E-state index in [0.717, 1.165) is 25.1 Å². The zero-order valence-electron chi connectivity index (χ0n) is 16.7. The number of benzene rings is 1. The van der Waals surface area contributed by atoms with Gasteiger partial charge in [0.05, 0.1) is 12.4 Å². The van der Waals surface area contributed by atoms with Gasteiger partial charge in [-0.1, -0.05) is 31.9 Å². The summed E-state index contributed by atoms with van der Waals surface area (Å²) in [5, 5.41) is 4.13. The number of hydrogen-bond donors (Lipinski definition) is 1. The number of rotatable bonds is 5. The highest BCUT2D eigenvalue weighted by Gasteiger charge is 2.41. The molecule has 0 radical (unpaired) electrons. The Kier molecular flexibility index (Phi) is 5.42. The Bertz CT molecular complexity index is 927. The van der Waals surface area contributed by atoms with Crippen molar-refractivity contribution in [1.82, 2.24) is 9.97 Å². The average Bonchev–Trinajstić information content (AvgIpc) is 3.25. The van der Waals surface area contributed by atoms with E-state index in [2.05, 4.69) is 20.4 Å². The molecule has 152 valence electrons. The Hall–Kier alpha value is -3.03. The number of nitrogens with one attached hydrogen (secondary N) is 1. The van der Waals surface area contributed by atoms with Gasteiger partial charge in [0.25, 0.3) is 0 Å². The van der Waals surface area contributed by atoms with Gasteiger partial charge in [0.2, 0.25) is 11.9 Å². The van der Waals surface area contributed by atoms with Crippen molar-refractivity contribution in [1.29, 1.82) is 0 Å². The Morgan fingerprint density at radius 1 is 1.34 bits per heavy atom. The first-order chi connectivity index (χ1) is 14.1. The molecule has 0 spiro atoms. The molecule has 8 heteroatoms. The maximum absolute atomic E-state index is 13.3. The number of anilines is 3. The van der Waals surface area contributed by atoms with E-state index in [1.807, 2.05) is 6.92 Å². The molecule has 0 bridgehead atoms. The molecule has 0 saturated heterocycles. The monoisotopic (exact) mass is 396 g/mol. The van der Waals surface area contributed by atoms with Crippen molar-refractivity contribution >= 4 is 29.6 Å². The molecular formula is C21H25FN6O. The van der Waals surface area contributed by atoms with Crippen LogP contribution in [0.2, 0.25) is 0 Å². The number of likely N-dealkylation sites (N-methyl/N-ethyl adjacent to an activating group) is 1. The predicted octanol–water partition coefficient (Wildman–Crippen LogP) is 3.57. The molecule has 4 rings (SSSR count). The normalized spacial score (nSPS) is 19.8. The largest absolute Gasteiger partial charge is 0.340 e. The number of carbonyl (C=O) groups is 1. The fraction of sp³-hybridized carbons (Fsp3) is 0.429. The zero-order valence-corrected chi connectivity index (χ0v) is 16.7. The number of halogens is 1. The van der Waals surface area contributed by atoms with Crippen molar-refractivity contribution in [2.45, 2.75) is 51.1 Å². The summed E-state index contributed by atoms with van der Waals surface area (Å²) in [6, 6.07) is 6.27. The molecule has 1 unspecified atom stereocenters. The van der Waals surface area contributed by atoms with Crippen molar-refractivity contribution in [2.24, 2.45) is 5.10 Å². The summed E-state index contributed by atoms with van der Waals surface area (Å²) in [7, 11) is 1.77. The molecule has 2 aliphatic rings. The maximum Gasteiger partial charge on any atom is 0.249 e. The summed E-state index contributed by atoms with van der Waals surface area (Å²) in [5.74, 6) is 0.881. The Morgan fingerprint density at radius 2 is 2.14 bits per heavy atom. The lowest BCUT2D eigenvalue weighted by Gasteiger charge is -2.43. The van der Waals surface area contributed by atoms with Crippen molar-refractivity contribution in [3.8, 4) is 0 Å². The third-order valence-corrected chi connectivity index (χ3v) is 5.64. The average molecular weight is 396 g/mol. The fourth-order valence-corrected chi connectivity index (χ4v) is 4.19. The van der Waals surface area contributed by atoms with Crippen molar-refractivity contribution < 1.29 is 9.18 Å². The lowest BCUT2D eigenvalue weighted by atomic mass is 10.0. The second-order valence-electron chi connectivity index (χ2n) is 7.49. The van der Waals surface area contributed by atoms with Gasteiger partial charge < -0.3 is 9.80 Å². The number of hydrogen-bond acceptors (Lipinski definition) is 6. The third-order valence-electron chi connectivity index (χ3n) is 5.64. The minimum atomic E-state index is -0.315. The second-order valence-corrected chi connectivity index (χ2v) is 7.49. The van der Waals surface area contributed by atoms with E-state index in [4.69, 9.17) is 4.98 Å². The van der Waals surface area contributed by atoms with Crippen LogP contribution in [0.3, 0.4) is 0 Å². The first-order valence-electron chi connectivity index (χ1n) is 10.1. The van der Waals surface area contributed by atoms with Gasteiger partial charge in [0.15, 0.2) is 5.82 Å². The van der Waals surface area contributed by atoms with Crippen LogP contribution in [0, 0.1) is 5.82 Å². The molecule has 1 N–H and O–H groups in total. The molecule has 7 nitrogen and oxygen atoms in total. The summed E-state index contributed by atoms with van der Waals surface area (Å²) in [5.41, 5.74) is 4.18. The van der Waals surface area contributed by atoms with E-state index in [-0.39, 0.29) is 17.8 Å². The molecule has 1 aliphatic carbocycles. The van der Waals surface area contributed by atoms with Crippen LogP contribution < -0.4 is 15.2 Å². The van der Waals surface area contributed by atoms with E-state index in [9.17, 15) is 9.18 Å². The van der Waals surface area contributed by atoms with Gasteiger partial charge in [0.1, 0.15) is 17.5 Å². The highest BCUT2D eigenvalue weighted by atomic mass is 19.1. The number of hydrazone groups is 1. The van der Waals surface area contributed by atoms with Crippen molar-refractivity contribution in [2.75, 3.05) is 22.3 Å². The summed E-state index contributed by atoms with van der Waals surface area (Å²) in [6.07, 6.45) is 8.38. The number of aromatic nitrogens is 2. The lowest BCUT2D eigenvalue weighted by molar-refractivity contribution is -0.120. The van der Waals surface area contributed by atoms with Gasteiger partial charge in [-0.3, -0.25) is 4.79 Å². The van der Waals surface area contributed by atoms with Crippen LogP contribution >= 0.6 is 0 Å². The van der Waals surface area contributed by atoms with Gasteiger partial charge in [-0.25, -0.2) is 14.8 Å². The van der Waals surface area contributed by atoms with Crippen LogP contribution in [0.15, 0.2) is 35.6 Å². The Morgan fingerprint density at radius 3 is 2.86 bits per heavy atom. The predicted molar refractivity (Wildman–Crippen MR) is 112 cm³/mol. The molecule has 1 atom stereocenters. The maximum atomic E-state index is 13.3. The molecular weight excluding hydrogens is 371 g/mol. The fourth-order valence-electron chi connectivity index (χ4n) is 4.19. The molecule has 2 heterocycles. The van der Waals surface area contributed by atoms with Crippen LogP contribution in [0.1, 0.15) is 44.6 Å². The standard InChI is InChI=1S/C21H25FN6O/c1-3-17-20(29)27(2)18-13-23-21(25-19(18)28(17)16-9-4-5-10-16)26-24-12-14-7-6-8-15(22)11-14/h6-8,11-13,16-17H,3-5,9-10H2,1-2H3,(H,23,25,26)/b24-12+. The minimum Gasteiger partial charge on any atom is -0.340 e. The third kappa shape index (κ3) is 3.79. The van der Waals surface area contributed by atoms with Crippen LogP contribution in [-0.4, -0.2) is 41.2 Å². The molecule has 1 aliphatic heterocycles. The van der Waals surface area contributed by atoms with E-state index in [0.29, 0.717) is 23.2 Å². The quantitative estimate of drug-likeness (QED) is 0.618. The summed E-state index contributed by atoms with van der Waals surface area (Å²) < 4.78 is 13.3. The zero-order chi connectivity index (χ0) is 20.4. The van der Waals surface area contributed by atoms with E-state index in [1.54, 1.807) is 30.3 Å². The molecule has 1 saturated carbocycles. The molecule has 1 aromatic carbocycles. The summed E-state index contributed by atoms with van der Waals surface area (Å²) in [6.45, 7) is 2.03. The van der Waals surface area contributed by atoms with Crippen molar-refractivity contribution in [3.63, 3.8) is 0 Å². The van der Waals surface area contributed by atoms with Crippen molar-refractivity contribution in [3.05, 3.63) is 41.8 Å². The van der Waals surface area contributed by atoms with E-state index >= 15 is 0 Å². The second kappa shape index (κ2) is 8.14. The molecule has 29 heavy (non-hydrogen) atoms. The Balaban J connectivity index is 1.62. The smallest absolute Gasteiger partial charge is 0.249 e. The van der Waals surface area contributed by atoms with Crippen LogP contribution in [-0.2, 0) is 4.79 Å². The minimum absolute atomic E-state index is 0.0836. The first kappa shape index (κ1) is 19.3. The van der Waals surface area contributed by atoms with Gasteiger partial charge in [-0.15, -0.1) is 0 Å². The topological polar surface area (TPSA) is 73.7 Å². The van der Waals surface area contributed by atoms with Crippen LogP contribution in [0.4, 0.5) is 21.8 Å². The molecule has 1 amide bonds. The Labute approximate surface area is 169 Å². The van der Waals surface area contributed by atoms with Gasteiger partial charge in [-0.05, 0) is 37.0 Å². The van der Waals surface area contributed by atoms with Gasteiger partial charge in [0, 0.05) is 13.1 Å². The molecule has 1 aromatic heterocycles. The number of carbonyl (C=O) groups excluding carboxylic acids is 1. The highest BCUT2D eigenvalue weighted by Crippen LogP contribution is 2.39. The summed E-state index contributed by atoms with van der Waals surface area (Å²) in [4.78, 5) is 25.7. The number of amides is 1. The van der Waals surface area contributed by atoms with Gasteiger partial charge in [-0.2, -0.15) is 10.1 Å². The number of fused-ring (bicyclic) bond motifs is 1. The lowest BCUT2D eigenvalue weighted by Crippen LogP contribution is -2.55. The highest BCUT2D eigenvalue weighted by molar-refractivity contribution is 6.04. The molecule has 2 aromatic rings.